The maximum atomic E-state index is 13.2. The van der Waals surface area contributed by atoms with E-state index in [0.29, 0.717) is 0 Å². The van der Waals surface area contributed by atoms with Gasteiger partial charge in [0.15, 0.2) is 5.69 Å². The molecular weight excluding hydrogens is 257 g/mol. The molecule has 98 valence electrons. The summed E-state index contributed by atoms with van der Waals surface area (Å²) >= 11 is 0. The lowest BCUT2D eigenvalue weighted by atomic mass is 10.3. The summed E-state index contributed by atoms with van der Waals surface area (Å²) in [6.45, 7) is 0.0382. The Morgan fingerprint density at radius 2 is 2.00 bits per heavy atom. The van der Waals surface area contributed by atoms with Gasteiger partial charge in [-0.05, 0) is 12.1 Å². The van der Waals surface area contributed by atoms with Crippen LogP contribution in [0, 0.1) is 0 Å². The fourth-order valence-corrected chi connectivity index (χ4v) is 2.01. The standard InChI is InChI=1S/C12H9F3N4/c13-12(14,15)11-9(7-18-6-4-16-8-18)17-10-3-1-2-5-19(10)11/h1-6,8H,7H2. The molecule has 3 aromatic rings. The Kier molecular flexibility index (Phi) is 2.55. The van der Waals surface area contributed by atoms with Crippen LogP contribution in [0.25, 0.3) is 5.65 Å². The minimum atomic E-state index is -4.45. The van der Waals surface area contributed by atoms with Gasteiger partial charge in [0, 0.05) is 18.6 Å². The lowest BCUT2D eigenvalue weighted by Crippen LogP contribution is -2.13. The predicted octanol–water partition coefficient (Wildman–Crippen LogP) is 2.60. The topological polar surface area (TPSA) is 35.1 Å². The molecule has 3 heterocycles. The lowest BCUT2D eigenvalue weighted by molar-refractivity contribution is -0.142. The minimum Gasteiger partial charge on any atom is -0.331 e. The summed E-state index contributed by atoms with van der Waals surface area (Å²) in [5.74, 6) is 0. The average Bonchev–Trinajstić information content (AvgIpc) is 2.94. The summed E-state index contributed by atoms with van der Waals surface area (Å²) in [6, 6.07) is 4.75. The van der Waals surface area contributed by atoms with Crippen LogP contribution in [-0.2, 0) is 12.7 Å². The number of hydrogen-bond donors (Lipinski definition) is 0. The van der Waals surface area contributed by atoms with Gasteiger partial charge in [0.25, 0.3) is 0 Å². The van der Waals surface area contributed by atoms with E-state index in [9.17, 15) is 13.2 Å². The summed E-state index contributed by atoms with van der Waals surface area (Å²) in [4.78, 5) is 7.86. The van der Waals surface area contributed by atoms with E-state index in [2.05, 4.69) is 9.97 Å². The second-order valence-electron chi connectivity index (χ2n) is 4.07. The van der Waals surface area contributed by atoms with Gasteiger partial charge in [0.05, 0.1) is 18.6 Å². The minimum absolute atomic E-state index is 0.0169. The van der Waals surface area contributed by atoms with Crippen LogP contribution in [0.4, 0.5) is 13.2 Å². The second kappa shape index (κ2) is 4.11. The van der Waals surface area contributed by atoms with Crippen molar-refractivity contribution >= 4 is 5.65 Å². The highest BCUT2D eigenvalue weighted by Gasteiger charge is 2.38. The molecule has 0 aliphatic rings. The summed E-state index contributed by atoms with van der Waals surface area (Å²) in [6.07, 6.45) is 1.50. The van der Waals surface area contributed by atoms with Crippen molar-refractivity contribution in [2.75, 3.05) is 0 Å². The van der Waals surface area contributed by atoms with Crippen molar-refractivity contribution in [3.63, 3.8) is 0 Å². The smallest absolute Gasteiger partial charge is 0.331 e. The van der Waals surface area contributed by atoms with E-state index in [1.54, 1.807) is 29.0 Å². The number of rotatable bonds is 2. The number of alkyl halides is 3. The first-order chi connectivity index (χ1) is 9.05. The summed E-state index contributed by atoms with van der Waals surface area (Å²) in [5.41, 5.74) is -0.474. The van der Waals surface area contributed by atoms with E-state index < -0.39 is 11.9 Å². The zero-order valence-electron chi connectivity index (χ0n) is 9.67. The molecule has 4 nitrogen and oxygen atoms in total. The highest BCUT2D eigenvalue weighted by molar-refractivity contribution is 5.44. The van der Waals surface area contributed by atoms with Crippen LogP contribution >= 0.6 is 0 Å². The molecule has 0 bridgehead atoms. The second-order valence-corrected chi connectivity index (χ2v) is 4.07. The number of halogens is 3. The van der Waals surface area contributed by atoms with Gasteiger partial charge in [-0.15, -0.1) is 0 Å². The normalized spacial score (nSPS) is 12.2. The van der Waals surface area contributed by atoms with Gasteiger partial charge in [0.2, 0.25) is 0 Å². The third-order valence-corrected chi connectivity index (χ3v) is 2.76. The first-order valence-corrected chi connectivity index (χ1v) is 5.54. The largest absolute Gasteiger partial charge is 0.433 e. The highest BCUT2D eigenvalue weighted by atomic mass is 19.4. The van der Waals surface area contributed by atoms with Crippen LogP contribution in [-0.4, -0.2) is 18.9 Å². The molecule has 19 heavy (non-hydrogen) atoms. The average molecular weight is 266 g/mol. The maximum absolute atomic E-state index is 13.2. The fourth-order valence-electron chi connectivity index (χ4n) is 2.01. The van der Waals surface area contributed by atoms with Crippen molar-refractivity contribution in [2.24, 2.45) is 0 Å². The van der Waals surface area contributed by atoms with Crippen molar-refractivity contribution in [1.29, 1.82) is 0 Å². The van der Waals surface area contributed by atoms with Crippen LogP contribution < -0.4 is 0 Å². The summed E-state index contributed by atoms with van der Waals surface area (Å²) in [5, 5.41) is 0. The van der Waals surface area contributed by atoms with Crippen molar-refractivity contribution in [3.05, 3.63) is 54.5 Å². The lowest BCUT2D eigenvalue weighted by Gasteiger charge is -2.09. The Balaban J connectivity index is 2.17. The van der Waals surface area contributed by atoms with Gasteiger partial charge in [-0.1, -0.05) is 6.07 Å². The molecule has 0 aromatic carbocycles. The molecule has 7 heteroatoms. The molecule has 0 unspecified atom stereocenters. The quantitative estimate of drug-likeness (QED) is 0.714. The molecule has 0 amide bonds. The number of imidazole rings is 2. The Morgan fingerprint density at radius 3 is 2.68 bits per heavy atom. The zero-order chi connectivity index (χ0) is 13.5. The Morgan fingerprint density at radius 1 is 1.16 bits per heavy atom. The van der Waals surface area contributed by atoms with Crippen LogP contribution in [0.15, 0.2) is 43.1 Å². The number of aromatic nitrogens is 4. The molecule has 0 saturated carbocycles. The van der Waals surface area contributed by atoms with Gasteiger partial charge in [-0.25, -0.2) is 9.97 Å². The third kappa shape index (κ3) is 2.07. The maximum Gasteiger partial charge on any atom is 0.433 e. The number of nitrogens with zero attached hydrogens (tertiary/aromatic N) is 4. The molecule has 0 radical (unpaired) electrons. The Labute approximate surface area is 106 Å². The van der Waals surface area contributed by atoms with E-state index in [1.165, 1.54) is 18.7 Å². The number of fused-ring (bicyclic) bond motifs is 1. The number of pyridine rings is 1. The van der Waals surface area contributed by atoms with E-state index in [0.717, 1.165) is 4.40 Å². The molecule has 0 fully saturated rings. The van der Waals surface area contributed by atoms with Crippen molar-refractivity contribution in [1.82, 2.24) is 18.9 Å². The first kappa shape index (κ1) is 11.8. The molecule has 0 saturated heterocycles. The SMILES string of the molecule is FC(F)(F)c1c(Cn2ccnc2)nc2ccccn12. The molecule has 0 aliphatic carbocycles. The van der Waals surface area contributed by atoms with Crippen molar-refractivity contribution in [2.45, 2.75) is 12.7 Å². The molecule has 3 rings (SSSR count). The molecule has 0 spiro atoms. The van der Waals surface area contributed by atoms with Crippen molar-refractivity contribution < 1.29 is 13.2 Å². The fraction of sp³-hybridized carbons (Fsp3) is 0.167. The summed E-state index contributed by atoms with van der Waals surface area (Å²) in [7, 11) is 0. The van der Waals surface area contributed by atoms with Gasteiger partial charge < -0.3 is 4.57 Å². The monoisotopic (exact) mass is 266 g/mol. The Hall–Kier alpha value is -2.31. The van der Waals surface area contributed by atoms with E-state index in [-0.39, 0.29) is 17.9 Å². The molecular formula is C12H9F3N4. The molecule has 0 N–H and O–H groups in total. The van der Waals surface area contributed by atoms with Gasteiger partial charge in [0.1, 0.15) is 5.65 Å². The zero-order valence-corrected chi connectivity index (χ0v) is 9.67. The predicted molar refractivity (Wildman–Crippen MR) is 61.5 cm³/mol. The van der Waals surface area contributed by atoms with Crippen molar-refractivity contribution in [3.8, 4) is 0 Å². The molecule has 3 aromatic heterocycles. The van der Waals surface area contributed by atoms with Gasteiger partial charge in [-0.2, -0.15) is 13.2 Å². The Bertz CT molecular complexity index is 697. The number of hydrogen-bond acceptors (Lipinski definition) is 2. The molecule has 0 aliphatic heterocycles. The van der Waals surface area contributed by atoms with Crippen LogP contribution in [0.3, 0.4) is 0 Å². The van der Waals surface area contributed by atoms with Crippen LogP contribution in [0.5, 0.6) is 0 Å². The highest BCUT2D eigenvalue weighted by Crippen LogP contribution is 2.32. The van der Waals surface area contributed by atoms with Crippen LogP contribution in [0.1, 0.15) is 11.4 Å². The van der Waals surface area contributed by atoms with E-state index >= 15 is 0 Å². The third-order valence-electron chi connectivity index (χ3n) is 2.76. The van der Waals surface area contributed by atoms with E-state index in [1.807, 2.05) is 0 Å². The van der Waals surface area contributed by atoms with Gasteiger partial charge in [-0.3, -0.25) is 4.40 Å². The first-order valence-electron chi connectivity index (χ1n) is 5.54. The van der Waals surface area contributed by atoms with Gasteiger partial charge >= 0.3 is 6.18 Å². The molecule has 0 atom stereocenters. The summed E-state index contributed by atoms with van der Waals surface area (Å²) < 4.78 is 42.1. The van der Waals surface area contributed by atoms with E-state index in [4.69, 9.17) is 0 Å². The van der Waals surface area contributed by atoms with Crippen LogP contribution in [0.2, 0.25) is 0 Å².